The molecule has 4 nitrogen and oxygen atoms in total. The van der Waals surface area contributed by atoms with E-state index in [0.29, 0.717) is 18.0 Å². The SMILES string of the molecule is CCOc1ccccc1CNC(=O)c1ccc(-n2ccc3ccccc32)s1. The molecular formula is C22H20N2O2S. The van der Waals surface area contributed by atoms with Crippen LogP contribution in [0.3, 0.4) is 0 Å². The maximum atomic E-state index is 12.6. The number of hydrogen-bond donors (Lipinski definition) is 1. The van der Waals surface area contributed by atoms with Crippen molar-refractivity contribution in [2.24, 2.45) is 0 Å². The summed E-state index contributed by atoms with van der Waals surface area (Å²) >= 11 is 1.48. The van der Waals surface area contributed by atoms with E-state index >= 15 is 0 Å². The molecule has 2 heterocycles. The van der Waals surface area contributed by atoms with Crippen LogP contribution < -0.4 is 10.1 Å². The molecule has 0 saturated carbocycles. The molecule has 0 aliphatic rings. The van der Waals surface area contributed by atoms with Gasteiger partial charge in [0.15, 0.2) is 0 Å². The molecule has 1 amide bonds. The normalized spacial score (nSPS) is 10.9. The summed E-state index contributed by atoms with van der Waals surface area (Å²) in [6.45, 7) is 2.99. The van der Waals surface area contributed by atoms with Crippen LogP contribution in [0.25, 0.3) is 15.9 Å². The monoisotopic (exact) mass is 376 g/mol. The van der Waals surface area contributed by atoms with Crippen molar-refractivity contribution in [1.29, 1.82) is 0 Å². The van der Waals surface area contributed by atoms with E-state index in [4.69, 9.17) is 4.74 Å². The van der Waals surface area contributed by atoms with Gasteiger partial charge in [0.1, 0.15) is 10.8 Å². The number of rotatable bonds is 6. The highest BCUT2D eigenvalue weighted by Crippen LogP contribution is 2.26. The predicted molar refractivity (Wildman–Crippen MR) is 110 cm³/mol. The van der Waals surface area contributed by atoms with E-state index in [0.717, 1.165) is 21.8 Å². The summed E-state index contributed by atoms with van der Waals surface area (Å²) in [5.74, 6) is 0.736. The Bertz CT molecular complexity index is 1080. The average Bonchev–Trinajstić information content (AvgIpc) is 3.34. The summed E-state index contributed by atoms with van der Waals surface area (Å²) in [5.41, 5.74) is 2.11. The number of fused-ring (bicyclic) bond motifs is 1. The zero-order valence-corrected chi connectivity index (χ0v) is 15.8. The Labute approximate surface area is 162 Å². The van der Waals surface area contributed by atoms with E-state index in [2.05, 4.69) is 28.1 Å². The lowest BCUT2D eigenvalue weighted by Gasteiger charge is -2.10. The maximum absolute atomic E-state index is 12.6. The first-order chi connectivity index (χ1) is 13.3. The molecule has 0 saturated heterocycles. The van der Waals surface area contributed by atoms with Crippen LogP contribution in [0.15, 0.2) is 72.9 Å². The van der Waals surface area contributed by atoms with Crippen molar-refractivity contribution in [2.75, 3.05) is 6.61 Å². The highest BCUT2D eigenvalue weighted by atomic mass is 32.1. The van der Waals surface area contributed by atoms with Crippen LogP contribution in [0.5, 0.6) is 5.75 Å². The molecule has 0 spiro atoms. The van der Waals surface area contributed by atoms with E-state index in [1.54, 1.807) is 0 Å². The molecule has 2 aromatic carbocycles. The van der Waals surface area contributed by atoms with Gasteiger partial charge in [-0.1, -0.05) is 36.4 Å². The van der Waals surface area contributed by atoms with E-state index in [1.807, 2.05) is 61.7 Å². The fraction of sp³-hybridized carbons (Fsp3) is 0.136. The summed E-state index contributed by atoms with van der Waals surface area (Å²) in [4.78, 5) is 13.3. The van der Waals surface area contributed by atoms with Crippen molar-refractivity contribution in [3.05, 3.63) is 83.4 Å². The molecule has 5 heteroatoms. The van der Waals surface area contributed by atoms with Crippen LogP contribution in [-0.4, -0.2) is 17.1 Å². The number of para-hydroxylation sites is 2. The van der Waals surface area contributed by atoms with Crippen molar-refractivity contribution in [2.45, 2.75) is 13.5 Å². The van der Waals surface area contributed by atoms with Gasteiger partial charge in [0.05, 0.1) is 17.0 Å². The molecule has 0 aliphatic heterocycles. The maximum Gasteiger partial charge on any atom is 0.261 e. The number of hydrogen-bond acceptors (Lipinski definition) is 3. The zero-order valence-electron chi connectivity index (χ0n) is 15.0. The van der Waals surface area contributed by atoms with Crippen molar-refractivity contribution in [3.63, 3.8) is 0 Å². The molecule has 0 radical (unpaired) electrons. The second kappa shape index (κ2) is 7.68. The quantitative estimate of drug-likeness (QED) is 0.513. The smallest absolute Gasteiger partial charge is 0.261 e. The van der Waals surface area contributed by atoms with Crippen molar-refractivity contribution in [3.8, 4) is 10.8 Å². The number of carbonyl (C=O) groups is 1. The number of amides is 1. The van der Waals surface area contributed by atoms with Crippen LogP contribution in [0.2, 0.25) is 0 Å². The summed E-state index contributed by atoms with van der Waals surface area (Å²) < 4.78 is 7.73. The third-order valence-corrected chi connectivity index (χ3v) is 5.45. The fourth-order valence-electron chi connectivity index (χ4n) is 3.06. The first-order valence-electron chi connectivity index (χ1n) is 8.91. The molecule has 0 bridgehead atoms. The Morgan fingerprint density at radius 3 is 2.74 bits per heavy atom. The van der Waals surface area contributed by atoms with Gasteiger partial charge in [0, 0.05) is 18.3 Å². The van der Waals surface area contributed by atoms with Crippen molar-refractivity contribution >= 4 is 28.1 Å². The number of nitrogens with one attached hydrogen (secondary N) is 1. The topological polar surface area (TPSA) is 43.3 Å². The van der Waals surface area contributed by atoms with Gasteiger partial charge < -0.3 is 14.6 Å². The first kappa shape index (κ1) is 17.4. The highest BCUT2D eigenvalue weighted by Gasteiger charge is 2.12. The largest absolute Gasteiger partial charge is 0.494 e. The Morgan fingerprint density at radius 2 is 1.85 bits per heavy atom. The molecule has 0 aliphatic carbocycles. The lowest BCUT2D eigenvalue weighted by atomic mass is 10.2. The number of benzene rings is 2. The molecule has 0 fully saturated rings. The van der Waals surface area contributed by atoms with Crippen LogP contribution >= 0.6 is 11.3 Å². The van der Waals surface area contributed by atoms with Gasteiger partial charge >= 0.3 is 0 Å². The summed E-state index contributed by atoms with van der Waals surface area (Å²) in [7, 11) is 0. The van der Waals surface area contributed by atoms with Gasteiger partial charge in [-0.3, -0.25) is 4.79 Å². The Balaban J connectivity index is 1.49. The molecule has 0 unspecified atom stereocenters. The Kier molecular flexibility index (Phi) is 4.94. The van der Waals surface area contributed by atoms with Gasteiger partial charge in [-0.25, -0.2) is 0 Å². The third kappa shape index (κ3) is 3.59. The Morgan fingerprint density at radius 1 is 1.04 bits per heavy atom. The first-order valence-corrected chi connectivity index (χ1v) is 9.73. The molecule has 4 rings (SSSR count). The molecule has 0 atom stereocenters. The van der Waals surface area contributed by atoms with Gasteiger partial charge in [-0.05, 0) is 42.6 Å². The zero-order chi connectivity index (χ0) is 18.6. The third-order valence-electron chi connectivity index (χ3n) is 4.36. The van der Waals surface area contributed by atoms with Gasteiger partial charge in [0.2, 0.25) is 0 Å². The number of nitrogens with zero attached hydrogens (tertiary/aromatic N) is 1. The average molecular weight is 376 g/mol. The van der Waals surface area contributed by atoms with E-state index in [1.165, 1.54) is 16.7 Å². The lowest BCUT2D eigenvalue weighted by molar-refractivity contribution is 0.0954. The van der Waals surface area contributed by atoms with Crippen LogP contribution in [0.1, 0.15) is 22.2 Å². The molecule has 1 N–H and O–H groups in total. The van der Waals surface area contributed by atoms with E-state index in [9.17, 15) is 4.79 Å². The number of carbonyl (C=O) groups excluding carboxylic acids is 1. The van der Waals surface area contributed by atoms with E-state index < -0.39 is 0 Å². The van der Waals surface area contributed by atoms with Crippen LogP contribution in [0.4, 0.5) is 0 Å². The summed E-state index contributed by atoms with van der Waals surface area (Å²) in [6, 6.07) is 21.9. The summed E-state index contributed by atoms with van der Waals surface area (Å²) in [6.07, 6.45) is 2.04. The van der Waals surface area contributed by atoms with Crippen LogP contribution in [-0.2, 0) is 6.54 Å². The molecular weight excluding hydrogens is 356 g/mol. The molecule has 2 aromatic heterocycles. The molecule has 136 valence electrons. The van der Waals surface area contributed by atoms with E-state index in [-0.39, 0.29) is 5.91 Å². The van der Waals surface area contributed by atoms with Gasteiger partial charge in [-0.15, -0.1) is 11.3 Å². The second-order valence-electron chi connectivity index (χ2n) is 6.11. The van der Waals surface area contributed by atoms with Crippen molar-refractivity contribution < 1.29 is 9.53 Å². The predicted octanol–water partition coefficient (Wildman–Crippen LogP) is 5.02. The van der Waals surface area contributed by atoms with Crippen LogP contribution in [0, 0.1) is 0 Å². The molecule has 27 heavy (non-hydrogen) atoms. The highest BCUT2D eigenvalue weighted by molar-refractivity contribution is 7.16. The minimum absolute atomic E-state index is 0.0750. The number of ether oxygens (including phenoxy) is 1. The van der Waals surface area contributed by atoms with Gasteiger partial charge in [0.25, 0.3) is 5.91 Å². The minimum Gasteiger partial charge on any atom is -0.494 e. The number of aromatic nitrogens is 1. The standard InChI is InChI=1S/C22H20N2O2S/c1-2-26-19-10-6-4-8-17(19)15-23-22(25)20-11-12-21(27-20)24-14-13-16-7-3-5-9-18(16)24/h3-14H,2,15H2,1H3,(H,23,25). The summed E-state index contributed by atoms with van der Waals surface area (Å²) in [5, 5.41) is 5.20. The minimum atomic E-state index is -0.0750. The van der Waals surface area contributed by atoms with Gasteiger partial charge in [-0.2, -0.15) is 0 Å². The Hall–Kier alpha value is -3.05. The number of thiophene rings is 1. The van der Waals surface area contributed by atoms with Crippen molar-refractivity contribution in [1.82, 2.24) is 9.88 Å². The second-order valence-corrected chi connectivity index (χ2v) is 7.17. The lowest BCUT2D eigenvalue weighted by Crippen LogP contribution is -2.22. The fourth-order valence-corrected chi connectivity index (χ4v) is 3.98. The molecule has 4 aromatic rings.